The van der Waals surface area contributed by atoms with Crippen LogP contribution in [0.5, 0.6) is 5.75 Å². The fourth-order valence-corrected chi connectivity index (χ4v) is 3.01. The zero-order chi connectivity index (χ0) is 15.1. The Balaban J connectivity index is 1.80. The SMILES string of the molecule is CCC1CCC(C)N1CCOc1ccc(C#CCO)cc1. The number of rotatable bonds is 5. The average Bonchev–Trinajstić information content (AvgIpc) is 2.87. The fourth-order valence-electron chi connectivity index (χ4n) is 3.01. The smallest absolute Gasteiger partial charge is 0.119 e. The average molecular weight is 287 g/mol. The molecule has 0 spiro atoms. The first-order chi connectivity index (χ1) is 10.2. The van der Waals surface area contributed by atoms with E-state index in [1.54, 1.807) is 0 Å². The normalized spacial score (nSPS) is 21.9. The number of aliphatic hydroxyl groups is 1. The van der Waals surface area contributed by atoms with Crippen molar-refractivity contribution in [3.63, 3.8) is 0 Å². The molecule has 1 aliphatic rings. The van der Waals surface area contributed by atoms with Crippen molar-refractivity contribution < 1.29 is 9.84 Å². The van der Waals surface area contributed by atoms with Crippen LogP contribution in [0.25, 0.3) is 0 Å². The number of nitrogens with zero attached hydrogens (tertiary/aromatic N) is 1. The topological polar surface area (TPSA) is 32.7 Å². The molecular weight excluding hydrogens is 262 g/mol. The summed E-state index contributed by atoms with van der Waals surface area (Å²) in [4.78, 5) is 2.57. The van der Waals surface area contributed by atoms with Crippen LogP contribution in [-0.2, 0) is 0 Å². The minimum absolute atomic E-state index is 0.106. The lowest BCUT2D eigenvalue weighted by Crippen LogP contribution is -2.37. The Hall–Kier alpha value is -1.50. The van der Waals surface area contributed by atoms with Crippen molar-refractivity contribution in [2.24, 2.45) is 0 Å². The van der Waals surface area contributed by atoms with Gasteiger partial charge in [0.15, 0.2) is 0 Å². The van der Waals surface area contributed by atoms with Crippen LogP contribution < -0.4 is 4.74 Å². The summed E-state index contributed by atoms with van der Waals surface area (Å²) < 4.78 is 5.83. The molecule has 0 aromatic heterocycles. The summed E-state index contributed by atoms with van der Waals surface area (Å²) in [6, 6.07) is 9.11. The number of hydrogen-bond acceptors (Lipinski definition) is 3. The van der Waals surface area contributed by atoms with Gasteiger partial charge in [0.2, 0.25) is 0 Å². The summed E-state index contributed by atoms with van der Waals surface area (Å²) in [5.74, 6) is 6.40. The second kappa shape index (κ2) is 8.07. The quantitative estimate of drug-likeness (QED) is 0.845. The Morgan fingerprint density at radius 1 is 1.29 bits per heavy atom. The van der Waals surface area contributed by atoms with Crippen LogP contribution in [0, 0.1) is 11.8 Å². The Bertz CT molecular complexity index is 486. The van der Waals surface area contributed by atoms with Crippen molar-refractivity contribution in [2.75, 3.05) is 19.8 Å². The van der Waals surface area contributed by atoms with E-state index in [-0.39, 0.29) is 6.61 Å². The summed E-state index contributed by atoms with van der Waals surface area (Å²) in [6.45, 7) is 6.19. The highest BCUT2D eigenvalue weighted by atomic mass is 16.5. The lowest BCUT2D eigenvalue weighted by atomic mass is 10.1. The van der Waals surface area contributed by atoms with E-state index in [1.165, 1.54) is 19.3 Å². The molecule has 2 atom stereocenters. The van der Waals surface area contributed by atoms with Crippen molar-refractivity contribution in [3.8, 4) is 17.6 Å². The van der Waals surface area contributed by atoms with Crippen LogP contribution in [0.4, 0.5) is 0 Å². The maximum atomic E-state index is 8.66. The Kier molecular flexibility index (Phi) is 6.10. The molecule has 1 saturated heterocycles. The van der Waals surface area contributed by atoms with Gasteiger partial charge in [-0.1, -0.05) is 18.8 Å². The highest BCUT2D eigenvalue weighted by molar-refractivity contribution is 5.38. The molecule has 0 bridgehead atoms. The minimum atomic E-state index is -0.106. The van der Waals surface area contributed by atoms with Crippen molar-refractivity contribution in [1.82, 2.24) is 4.90 Å². The van der Waals surface area contributed by atoms with Crippen molar-refractivity contribution >= 4 is 0 Å². The van der Waals surface area contributed by atoms with Crippen LogP contribution in [0.3, 0.4) is 0 Å². The van der Waals surface area contributed by atoms with Gasteiger partial charge >= 0.3 is 0 Å². The molecule has 1 N–H and O–H groups in total. The second-order valence-electron chi connectivity index (χ2n) is 5.56. The van der Waals surface area contributed by atoms with Crippen LogP contribution in [-0.4, -0.2) is 41.8 Å². The highest BCUT2D eigenvalue weighted by Gasteiger charge is 2.28. The Morgan fingerprint density at radius 2 is 2.05 bits per heavy atom. The third kappa shape index (κ3) is 4.49. The van der Waals surface area contributed by atoms with E-state index in [9.17, 15) is 0 Å². The molecule has 0 aliphatic carbocycles. The number of aliphatic hydroxyl groups excluding tert-OH is 1. The first kappa shape index (κ1) is 15.9. The summed E-state index contributed by atoms with van der Waals surface area (Å²) in [5.41, 5.74) is 0.899. The van der Waals surface area contributed by atoms with Gasteiger partial charge < -0.3 is 9.84 Å². The molecule has 3 heteroatoms. The van der Waals surface area contributed by atoms with Crippen LogP contribution in [0.1, 0.15) is 38.7 Å². The van der Waals surface area contributed by atoms with Crippen LogP contribution >= 0.6 is 0 Å². The van der Waals surface area contributed by atoms with Gasteiger partial charge in [0.1, 0.15) is 19.0 Å². The van der Waals surface area contributed by atoms with Gasteiger partial charge in [0.05, 0.1) is 0 Å². The van der Waals surface area contributed by atoms with E-state index in [2.05, 4.69) is 30.6 Å². The van der Waals surface area contributed by atoms with E-state index < -0.39 is 0 Å². The number of benzene rings is 1. The standard InChI is InChI=1S/C18H25NO2/c1-3-17-9-6-15(2)19(17)12-14-21-18-10-7-16(8-11-18)5-4-13-20/h7-8,10-11,15,17,20H,3,6,9,12-14H2,1-2H3. The number of hydrogen-bond donors (Lipinski definition) is 1. The molecule has 1 heterocycles. The monoisotopic (exact) mass is 287 g/mol. The first-order valence-corrected chi connectivity index (χ1v) is 7.83. The van der Waals surface area contributed by atoms with Crippen molar-refractivity contribution in [2.45, 2.75) is 45.2 Å². The van der Waals surface area contributed by atoms with Gasteiger partial charge in [0.25, 0.3) is 0 Å². The lowest BCUT2D eigenvalue weighted by Gasteiger charge is -2.27. The molecule has 21 heavy (non-hydrogen) atoms. The molecule has 114 valence electrons. The van der Waals surface area contributed by atoms with E-state index in [0.29, 0.717) is 6.04 Å². The molecule has 1 aliphatic heterocycles. The Labute approximate surface area is 127 Å². The molecule has 1 aromatic carbocycles. The molecule has 1 aromatic rings. The molecule has 2 unspecified atom stereocenters. The van der Waals surface area contributed by atoms with Crippen molar-refractivity contribution in [1.29, 1.82) is 0 Å². The molecule has 2 rings (SSSR count). The molecule has 3 nitrogen and oxygen atoms in total. The molecular formula is C18H25NO2. The summed E-state index contributed by atoms with van der Waals surface area (Å²) in [7, 11) is 0. The van der Waals surface area contributed by atoms with Gasteiger partial charge in [-0.25, -0.2) is 0 Å². The molecule has 0 radical (unpaired) electrons. The molecule has 0 saturated carbocycles. The summed E-state index contributed by atoms with van der Waals surface area (Å²) in [5, 5.41) is 8.66. The zero-order valence-electron chi connectivity index (χ0n) is 13.0. The fraction of sp³-hybridized carbons (Fsp3) is 0.556. The second-order valence-corrected chi connectivity index (χ2v) is 5.56. The van der Waals surface area contributed by atoms with Crippen LogP contribution in [0.15, 0.2) is 24.3 Å². The van der Waals surface area contributed by atoms with Gasteiger partial charge in [-0.3, -0.25) is 4.90 Å². The highest BCUT2D eigenvalue weighted by Crippen LogP contribution is 2.25. The molecule has 0 amide bonds. The van der Waals surface area contributed by atoms with E-state index in [0.717, 1.165) is 30.5 Å². The predicted octanol–water partition coefficient (Wildman–Crippen LogP) is 2.67. The molecule has 1 fully saturated rings. The largest absolute Gasteiger partial charge is 0.492 e. The maximum absolute atomic E-state index is 8.66. The Morgan fingerprint density at radius 3 is 2.71 bits per heavy atom. The third-order valence-corrected chi connectivity index (χ3v) is 4.21. The summed E-state index contributed by atoms with van der Waals surface area (Å²) >= 11 is 0. The van der Waals surface area contributed by atoms with E-state index in [4.69, 9.17) is 9.84 Å². The maximum Gasteiger partial charge on any atom is 0.119 e. The summed E-state index contributed by atoms with van der Waals surface area (Å²) in [6.07, 6.45) is 3.84. The van der Waals surface area contributed by atoms with E-state index >= 15 is 0 Å². The lowest BCUT2D eigenvalue weighted by molar-refractivity contribution is 0.159. The third-order valence-electron chi connectivity index (χ3n) is 4.21. The van der Waals surface area contributed by atoms with Gasteiger partial charge in [0, 0.05) is 24.2 Å². The van der Waals surface area contributed by atoms with Gasteiger partial charge in [-0.05, 0) is 50.5 Å². The number of ether oxygens (including phenoxy) is 1. The van der Waals surface area contributed by atoms with Crippen molar-refractivity contribution in [3.05, 3.63) is 29.8 Å². The first-order valence-electron chi connectivity index (χ1n) is 7.83. The van der Waals surface area contributed by atoms with Gasteiger partial charge in [-0.2, -0.15) is 0 Å². The predicted molar refractivity (Wildman–Crippen MR) is 85.4 cm³/mol. The van der Waals surface area contributed by atoms with Gasteiger partial charge in [-0.15, -0.1) is 0 Å². The number of likely N-dealkylation sites (tertiary alicyclic amines) is 1. The van der Waals surface area contributed by atoms with Crippen LogP contribution in [0.2, 0.25) is 0 Å². The van der Waals surface area contributed by atoms with E-state index in [1.807, 2.05) is 24.3 Å². The zero-order valence-corrected chi connectivity index (χ0v) is 13.0. The minimum Gasteiger partial charge on any atom is -0.492 e.